The monoisotopic (exact) mass is 595 g/mol. The maximum Gasteiger partial charge on any atom is 0.309 e. The number of hydrogen-bond acceptors (Lipinski definition) is 9. The highest BCUT2D eigenvalue weighted by Crippen LogP contribution is 2.45. The number of fused-ring (bicyclic) bond motifs is 1. The second-order valence-electron chi connectivity index (χ2n) is 11.3. The predicted octanol–water partition coefficient (Wildman–Crippen LogP) is 2.53. The maximum atomic E-state index is 13.8. The summed E-state index contributed by atoms with van der Waals surface area (Å²) in [6.07, 6.45) is -5.19. The molecule has 11 heteroatoms. The highest BCUT2D eigenvalue weighted by Gasteiger charge is 2.47. The van der Waals surface area contributed by atoms with E-state index in [4.69, 9.17) is 9.72 Å². The number of aliphatic hydroxyl groups is 5. The number of benzene rings is 2. The third kappa shape index (κ3) is 6.92. The van der Waals surface area contributed by atoms with Crippen LogP contribution in [0, 0.1) is 11.7 Å². The van der Waals surface area contributed by atoms with Crippen LogP contribution in [0.3, 0.4) is 0 Å². The van der Waals surface area contributed by atoms with Crippen LogP contribution < -0.4 is 0 Å². The molecule has 0 amide bonds. The van der Waals surface area contributed by atoms with E-state index >= 15 is 0 Å². The van der Waals surface area contributed by atoms with Crippen LogP contribution in [0.1, 0.15) is 49.3 Å². The zero-order valence-corrected chi connectivity index (χ0v) is 23.2. The number of hydrogen-bond donors (Lipinski definition) is 6. The van der Waals surface area contributed by atoms with Gasteiger partial charge in [-0.1, -0.05) is 42.5 Å². The molecule has 5 rings (SSSR count). The van der Waals surface area contributed by atoms with Crippen molar-refractivity contribution in [1.29, 1.82) is 0 Å². The summed E-state index contributed by atoms with van der Waals surface area (Å²) >= 11 is 0. The first-order valence-electron chi connectivity index (χ1n) is 14.2. The van der Waals surface area contributed by atoms with Crippen molar-refractivity contribution in [3.63, 3.8) is 0 Å². The van der Waals surface area contributed by atoms with Crippen molar-refractivity contribution in [1.82, 2.24) is 4.98 Å². The standard InChI is InChI=1S/C32H34FNO9/c33-18-9-7-16(8-10-18)27-21-3-1-2-4-24(21)34-28(17-5-6-17)22(27)12-11-19(35)13-20(36)14-26(37)43-25-15-23(32(41)42)29(38)31(40)30(25)39/h1-4,7-12,17,19-20,23,25,29-31,35-36,38-40H,5-6,13-15H2,(H,41,42)/b12-11+. The molecule has 6 N–H and O–H groups in total. The van der Waals surface area contributed by atoms with Crippen LogP contribution in [0.5, 0.6) is 0 Å². The molecule has 2 aromatic carbocycles. The first-order chi connectivity index (χ1) is 20.5. The quantitative estimate of drug-likeness (QED) is 0.191. The number of aliphatic hydroxyl groups excluding tert-OH is 5. The van der Waals surface area contributed by atoms with Gasteiger partial charge in [-0.15, -0.1) is 0 Å². The molecule has 7 atom stereocenters. The van der Waals surface area contributed by atoms with Gasteiger partial charge in [0.05, 0.1) is 41.9 Å². The van der Waals surface area contributed by atoms with Crippen molar-refractivity contribution in [2.24, 2.45) is 5.92 Å². The average molecular weight is 596 g/mol. The Morgan fingerprint density at radius 2 is 1.70 bits per heavy atom. The molecule has 2 fully saturated rings. The lowest BCUT2D eigenvalue weighted by Crippen LogP contribution is -2.56. The van der Waals surface area contributed by atoms with Crippen LogP contribution in [0.2, 0.25) is 0 Å². The van der Waals surface area contributed by atoms with Crippen LogP contribution in [0.15, 0.2) is 54.6 Å². The fourth-order valence-corrected chi connectivity index (χ4v) is 5.62. The number of pyridine rings is 1. The number of halogens is 1. The van der Waals surface area contributed by atoms with E-state index in [0.29, 0.717) is 0 Å². The van der Waals surface area contributed by atoms with Gasteiger partial charge in [0.15, 0.2) is 0 Å². The van der Waals surface area contributed by atoms with E-state index < -0.39 is 67.3 Å². The zero-order chi connectivity index (χ0) is 30.8. The maximum absolute atomic E-state index is 13.8. The molecule has 2 saturated carbocycles. The topological polar surface area (TPSA) is 178 Å². The van der Waals surface area contributed by atoms with Gasteiger partial charge in [0.2, 0.25) is 0 Å². The van der Waals surface area contributed by atoms with Crippen molar-refractivity contribution in [3.8, 4) is 11.1 Å². The molecule has 228 valence electrons. The first kappa shape index (κ1) is 30.7. The van der Waals surface area contributed by atoms with Crippen LogP contribution in [-0.4, -0.2) is 84.2 Å². The number of carboxylic acid groups (broad SMARTS) is 1. The summed E-state index contributed by atoms with van der Waals surface area (Å²) in [4.78, 5) is 28.7. The number of carbonyl (C=O) groups excluding carboxylic acids is 1. The summed E-state index contributed by atoms with van der Waals surface area (Å²) in [7, 11) is 0. The lowest BCUT2D eigenvalue weighted by atomic mass is 9.81. The molecule has 0 bridgehead atoms. The molecule has 7 unspecified atom stereocenters. The van der Waals surface area contributed by atoms with Gasteiger partial charge in [-0.05, 0) is 36.6 Å². The van der Waals surface area contributed by atoms with E-state index in [9.17, 15) is 44.6 Å². The Hall–Kier alpha value is -3.74. The molecule has 2 aliphatic carbocycles. The summed E-state index contributed by atoms with van der Waals surface area (Å²) in [5, 5.41) is 61.3. The number of carbonyl (C=O) groups is 2. The smallest absolute Gasteiger partial charge is 0.309 e. The van der Waals surface area contributed by atoms with E-state index in [1.54, 1.807) is 18.2 Å². The van der Waals surface area contributed by atoms with E-state index in [-0.39, 0.29) is 18.2 Å². The Bertz CT molecular complexity index is 1510. The van der Waals surface area contributed by atoms with E-state index in [2.05, 4.69) is 0 Å². The second-order valence-corrected chi connectivity index (χ2v) is 11.3. The molecular formula is C32H34FNO9. The highest BCUT2D eigenvalue weighted by atomic mass is 19.1. The molecule has 10 nitrogen and oxygen atoms in total. The lowest BCUT2D eigenvalue weighted by Gasteiger charge is -2.38. The summed E-state index contributed by atoms with van der Waals surface area (Å²) in [6, 6.07) is 13.8. The van der Waals surface area contributed by atoms with E-state index in [0.717, 1.165) is 46.1 Å². The SMILES string of the molecule is O=C(CC(O)CC(O)/C=C/c1c(C2CC2)nc2ccccc2c1-c1ccc(F)cc1)OC1CC(C(=O)O)C(O)C(O)C1O. The van der Waals surface area contributed by atoms with Gasteiger partial charge in [-0.3, -0.25) is 14.6 Å². The number of aromatic nitrogens is 1. The molecule has 3 aromatic rings. The van der Waals surface area contributed by atoms with Gasteiger partial charge < -0.3 is 35.4 Å². The molecule has 43 heavy (non-hydrogen) atoms. The Balaban J connectivity index is 1.30. The minimum atomic E-state index is -1.82. The third-order valence-electron chi connectivity index (χ3n) is 8.04. The minimum absolute atomic E-state index is 0.233. The van der Waals surface area contributed by atoms with E-state index in [1.165, 1.54) is 18.2 Å². The van der Waals surface area contributed by atoms with Crippen LogP contribution in [0.25, 0.3) is 28.1 Å². The van der Waals surface area contributed by atoms with Gasteiger partial charge in [-0.25, -0.2) is 4.39 Å². The molecular weight excluding hydrogens is 561 g/mol. The number of ether oxygens (including phenoxy) is 1. The van der Waals surface area contributed by atoms with Gasteiger partial charge in [0.1, 0.15) is 24.1 Å². The Morgan fingerprint density at radius 3 is 2.37 bits per heavy atom. The lowest BCUT2D eigenvalue weighted by molar-refractivity contribution is -0.194. The molecule has 0 saturated heterocycles. The summed E-state index contributed by atoms with van der Waals surface area (Å²) in [5.74, 6) is -3.94. The van der Waals surface area contributed by atoms with Crippen molar-refractivity contribution < 1.29 is 49.4 Å². The van der Waals surface area contributed by atoms with Crippen molar-refractivity contribution in [2.45, 2.75) is 74.6 Å². The van der Waals surface area contributed by atoms with E-state index in [1.807, 2.05) is 24.3 Å². The fourth-order valence-electron chi connectivity index (χ4n) is 5.62. The molecule has 2 aliphatic rings. The van der Waals surface area contributed by atoms with Gasteiger partial charge >= 0.3 is 11.9 Å². The van der Waals surface area contributed by atoms with Gasteiger partial charge in [-0.2, -0.15) is 0 Å². The number of rotatable bonds is 10. The zero-order valence-electron chi connectivity index (χ0n) is 23.2. The Kier molecular flexibility index (Phi) is 9.19. The van der Waals surface area contributed by atoms with Crippen molar-refractivity contribution >= 4 is 28.9 Å². The average Bonchev–Trinajstić information content (AvgIpc) is 3.81. The summed E-state index contributed by atoms with van der Waals surface area (Å²) < 4.78 is 18.9. The molecule has 1 aromatic heterocycles. The molecule has 0 radical (unpaired) electrons. The highest BCUT2D eigenvalue weighted by molar-refractivity contribution is 5.99. The number of para-hydroxylation sites is 1. The van der Waals surface area contributed by atoms with Gasteiger partial charge in [0.25, 0.3) is 0 Å². The molecule has 0 spiro atoms. The fraction of sp³-hybridized carbons (Fsp3) is 0.406. The largest absolute Gasteiger partial charge is 0.481 e. The Labute approximate surface area is 246 Å². The number of aliphatic carboxylic acids is 1. The van der Waals surface area contributed by atoms with Crippen LogP contribution >= 0.6 is 0 Å². The van der Waals surface area contributed by atoms with Gasteiger partial charge in [0, 0.05) is 35.3 Å². The van der Waals surface area contributed by atoms with Crippen LogP contribution in [-0.2, 0) is 14.3 Å². The first-order valence-corrected chi connectivity index (χ1v) is 14.2. The van der Waals surface area contributed by atoms with Crippen molar-refractivity contribution in [2.75, 3.05) is 0 Å². The molecule has 0 aliphatic heterocycles. The second kappa shape index (κ2) is 12.9. The van der Waals surface area contributed by atoms with Crippen molar-refractivity contribution in [3.05, 3.63) is 71.7 Å². The molecule has 1 heterocycles. The van der Waals surface area contributed by atoms with Crippen LogP contribution in [0.4, 0.5) is 4.39 Å². The third-order valence-corrected chi connectivity index (χ3v) is 8.04. The Morgan fingerprint density at radius 1 is 1.00 bits per heavy atom. The number of nitrogens with zero attached hydrogens (tertiary/aromatic N) is 1. The number of esters is 1. The minimum Gasteiger partial charge on any atom is -0.481 e. The normalized spacial score (nSPS) is 25.5. The summed E-state index contributed by atoms with van der Waals surface area (Å²) in [6.45, 7) is 0. The summed E-state index contributed by atoms with van der Waals surface area (Å²) in [5.41, 5.74) is 4.07. The number of carboxylic acids is 1. The predicted molar refractivity (Wildman–Crippen MR) is 153 cm³/mol.